The number of amides is 1. The highest BCUT2D eigenvalue weighted by Crippen LogP contribution is 2.36. The molecule has 3 aliphatic heterocycles. The highest BCUT2D eigenvalue weighted by atomic mass is 35.5. The third-order valence-electron chi connectivity index (χ3n) is 9.42. The molecule has 3 aliphatic rings. The van der Waals surface area contributed by atoms with E-state index in [9.17, 15) is 14.8 Å². The first-order chi connectivity index (χ1) is 24.7. The SMILES string of the molecule is COc1ccc(C(Cc2c(Cl)c[n+]([O-])cc2Cl)OC(=O)c2cccc(CN(C(=O)O[C@H]3CN4CCC3CC4)c3ccccc3OC)c2)cc1OC. The molecule has 3 fully saturated rings. The number of pyridine rings is 1. The number of rotatable bonds is 12. The fraction of sp³-hybridized carbons (Fsp3) is 0.342. The van der Waals surface area contributed by atoms with Crippen molar-refractivity contribution < 1.29 is 38.0 Å². The van der Waals surface area contributed by atoms with E-state index in [1.807, 2.05) is 18.2 Å². The van der Waals surface area contributed by atoms with Crippen molar-refractivity contribution in [1.82, 2.24) is 4.90 Å². The quantitative estimate of drug-likeness (QED) is 0.0860. The summed E-state index contributed by atoms with van der Waals surface area (Å²) in [6, 6.07) is 19.3. The second-order valence-electron chi connectivity index (χ2n) is 12.5. The minimum absolute atomic E-state index is 0.0619. The Balaban J connectivity index is 1.27. The molecule has 4 aromatic rings. The van der Waals surface area contributed by atoms with Crippen molar-refractivity contribution in [2.24, 2.45) is 5.92 Å². The van der Waals surface area contributed by atoms with Gasteiger partial charge in [0, 0.05) is 18.5 Å². The Morgan fingerprint density at radius 1 is 0.902 bits per heavy atom. The molecular formula is C38H39Cl2N3O8. The van der Waals surface area contributed by atoms with Crippen LogP contribution in [0.3, 0.4) is 0 Å². The van der Waals surface area contributed by atoms with Crippen LogP contribution in [-0.2, 0) is 22.4 Å². The van der Waals surface area contributed by atoms with Gasteiger partial charge < -0.3 is 28.9 Å². The number of anilines is 1. The normalized spacial score (nSPS) is 18.4. The van der Waals surface area contributed by atoms with Crippen molar-refractivity contribution in [3.63, 3.8) is 0 Å². The number of aromatic nitrogens is 1. The number of hydrogen-bond donors (Lipinski definition) is 0. The lowest BCUT2D eigenvalue weighted by atomic mass is 9.86. The summed E-state index contributed by atoms with van der Waals surface area (Å²) in [4.78, 5) is 31.6. The minimum Gasteiger partial charge on any atom is -0.619 e. The van der Waals surface area contributed by atoms with Gasteiger partial charge in [0.25, 0.3) is 0 Å². The van der Waals surface area contributed by atoms with E-state index in [1.54, 1.807) is 55.6 Å². The molecule has 2 bridgehead atoms. The molecule has 0 radical (unpaired) electrons. The van der Waals surface area contributed by atoms with Crippen LogP contribution in [0, 0.1) is 11.1 Å². The van der Waals surface area contributed by atoms with Gasteiger partial charge in [0.2, 0.25) is 0 Å². The van der Waals surface area contributed by atoms with Gasteiger partial charge in [-0.2, -0.15) is 4.73 Å². The fourth-order valence-corrected chi connectivity index (χ4v) is 7.31. The van der Waals surface area contributed by atoms with Gasteiger partial charge in [-0.1, -0.05) is 53.5 Å². The number of hydrogen-bond acceptors (Lipinski definition) is 9. The van der Waals surface area contributed by atoms with Crippen molar-refractivity contribution in [2.75, 3.05) is 45.9 Å². The minimum atomic E-state index is -0.889. The number of halogens is 2. The van der Waals surface area contributed by atoms with Crippen LogP contribution in [-0.4, -0.2) is 64.0 Å². The number of fused-ring (bicyclic) bond motifs is 3. The van der Waals surface area contributed by atoms with E-state index in [1.165, 1.54) is 31.5 Å². The number of methoxy groups -OCH3 is 3. The summed E-state index contributed by atoms with van der Waals surface area (Å²) in [5, 5.41) is 12.2. The topological polar surface area (TPSA) is 114 Å². The van der Waals surface area contributed by atoms with Gasteiger partial charge in [0.15, 0.2) is 23.9 Å². The van der Waals surface area contributed by atoms with Gasteiger partial charge in [-0.3, -0.25) is 9.80 Å². The molecule has 1 unspecified atom stereocenters. The van der Waals surface area contributed by atoms with Crippen LogP contribution < -0.4 is 23.8 Å². The second kappa shape index (κ2) is 16.1. The number of nitrogens with zero attached hydrogens (tertiary/aromatic N) is 3. The summed E-state index contributed by atoms with van der Waals surface area (Å²) >= 11 is 12.9. The summed E-state index contributed by atoms with van der Waals surface area (Å²) in [5.41, 5.74) is 2.48. The summed E-state index contributed by atoms with van der Waals surface area (Å²) < 4.78 is 29.3. The Morgan fingerprint density at radius 2 is 1.61 bits per heavy atom. The summed E-state index contributed by atoms with van der Waals surface area (Å²) in [5.74, 6) is 1.14. The third-order valence-corrected chi connectivity index (χ3v) is 10.1. The Bertz CT molecular complexity index is 1860. The van der Waals surface area contributed by atoms with Crippen molar-refractivity contribution in [1.29, 1.82) is 0 Å². The van der Waals surface area contributed by atoms with Crippen LogP contribution in [0.4, 0.5) is 10.5 Å². The first-order valence-electron chi connectivity index (χ1n) is 16.6. The molecule has 11 nitrogen and oxygen atoms in total. The Labute approximate surface area is 306 Å². The van der Waals surface area contributed by atoms with Crippen LogP contribution >= 0.6 is 23.2 Å². The molecular weight excluding hydrogens is 697 g/mol. The molecule has 3 saturated heterocycles. The molecule has 7 rings (SSSR count). The van der Waals surface area contributed by atoms with Crippen LogP contribution in [0.1, 0.15) is 46.0 Å². The van der Waals surface area contributed by atoms with Crippen LogP contribution in [0.2, 0.25) is 10.0 Å². The highest BCUT2D eigenvalue weighted by molar-refractivity contribution is 6.35. The largest absolute Gasteiger partial charge is 0.619 e. The van der Waals surface area contributed by atoms with Gasteiger partial charge in [0.05, 0.1) is 39.1 Å². The third kappa shape index (κ3) is 8.27. The number of esters is 1. The lowest BCUT2D eigenvalue weighted by Gasteiger charge is -2.44. The molecule has 1 amide bonds. The zero-order valence-corrected chi connectivity index (χ0v) is 30.1. The lowest BCUT2D eigenvalue weighted by Crippen LogP contribution is -2.53. The van der Waals surface area contributed by atoms with E-state index >= 15 is 0 Å². The Kier molecular flexibility index (Phi) is 11.4. The van der Waals surface area contributed by atoms with E-state index < -0.39 is 18.2 Å². The molecule has 3 aromatic carbocycles. The van der Waals surface area contributed by atoms with Gasteiger partial charge in [-0.05, 0) is 79.4 Å². The lowest BCUT2D eigenvalue weighted by molar-refractivity contribution is -0.605. The maximum absolute atomic E-state index is 13.9. The molecule has 1 aromatic heterocycles. The van der Waals surface area contributed by atoms with E-state index in [4.69, 9.17) is 46.9 Å². The Morgan fingerprint density at radius 3 is 2.27 bits per heavy atom. The van der Waals surface area contributed by atoms with Gasteiger partial charge in [-0.15, -0.1) is 0 Å². The van der Waals surface area contributed by atoms with Crippen LogP contribution in [0.15, 0.2) is 79.1 Å². The maximum atomic E-state index is 13.9. The monoisotopic (exact) mass is 735 g/mol. The first-order valence-corrected chi connectivity index (χ1v) is 17.3. The van der Waals surface area contributed by atoms with Crippen molar-refractivity contribution in [3.05, 3.63) is 117 Å². The number of piperidine rings is 3. The summed E-state index contributed by atoms with van der Waals surface area (Å²) in [6.45, 7) is 2.87. The molecule has 0 aliphatic carbocycles. The van der Waals surface area contributed by atoms with E-state index in [0.29, 0.717) is 50.3 Å². The zero-order valence-electron chi connectivity index (χ0n) is 28.6. The molecule has 0 spiro atoms. The number of carbonyl (C=O) groups excluding carboxylic acids is 2. The van der Waals surface area contributed by atoms with Gasteiger partial charge in [-0.25, -0.2) is 9.59 Å². The van der Waals surface area contributed by atoms with Crippen LogP contribution in [0.5, 0.6) is 17.2 Å². The van der Waals surface area contributed by atoms with E-state index in [-0.39, 0.29) is 34.7 Å². The average Bonchev–Trinajstić information content (AvgIpc) is 3.15. The number of carbonyl (C=O) groups is 2. The smallest absolute Gasteiger partial charge is 0.415 e. The van der Waals surface area contributed by atoms with E-state index in [0.717, 1.165) is 32.5 Å². The molecule has 0 N–H and O–H groups in total. The number of ether oxygens (including phenoxy) is 5. The predicted molar refractivity (Wildman–Crippen MR) is 192 cm³/mol. The summed E-state index contributed by atoms with van der Waals surface area (Å²) in [7, 11) is 4.58. The molecule has 4 heterocycles. The van der Waals surface area contributed by atoms with Gasteiger partial charge in [0.1, 0.15) is 28.0 Å². The number of benzene rings is 3. The zero-order chi connectivity index (χ0) is 36.1. The fourth-order valence-electron chi connectivity index (χ4n) is 6.71. The number of para-hydroxylation sites is 2. The van der Waals surface area contributed by atoms with Crippen molar-refractivity contribution in [3.8, 4) is 17.2 Å². The van der Waals surface area contributed by atoms with Gasteiger partial charge >= 0.3 is 12.1 Å². The maximum Gasteiger partial charge on any atom is 0.415 e. The van der Waals surface area contributed by atoms with E-state index in [2.05, 4.69) is 4.90 Å². The molecule has 268 valence electrons. The molecule has 0 saturated carbocycles. The van der Waals surface area contributed by atoms with Crippen molar-refractivity contribution in [2.45, 2.75) is 38.0 Å². The standard InChI is InChI=1S/C38H39Cl2N3O8/c1-47-32-10-5-4-9-31(32)43(38(45)51-36-23-41-15-13-25(36)14-16-41)20-24-7-6-8-27(17-24)37(44)50-34(19-28-29(39)21-42(46)22-30(28)40)26-11-12-33(48-2)35(18-26)49-3/h4-12,17-18,21-22,25,34,36H,13-16,19-20,23H2,1-3H3/t34?,36-/m0/s1. The average molecular weight is 737 g/mol. The van der Waals surface area contributed by atoms with Crippen LogP contribution in [0.25, 0.3) is 0 Å². The molecule has 13 heteroatoms. The predicted octanol–water partition coefficient (Wildman–Crippen LogP) is 7.03. The second-order valence-corrected chi connectivity index (χ2v) is 13.3. The summed E-state index contributed by atoms with van der Waals surface area (Å²) in [6.07, 6.45) is 2.87. The molecule has 2 atom stereocenters. The Hall–Kier alpha value is -4.71. The molecule has 51 heavy (non-hydrogen) atoms. The first kappa shape index (κ1) is 36.1. The van der Waals surface area contributed by atoms with Crippen molar-refractivity contribution >= 4 is 41.0 Å². The highest BCUT2D eigenvalue weighted by Gasteiger charge is 2.38.